The van der Waals surface area contributed by atoms with Crippen LogP contribution in [0, 0.1) is 0 Å². The van der Waals surface area contributed by atoms with Crippen molar-refractivity contribution in [3.63, 3.8) is 0 Å². The molecule has 0 aliphatic heterocycles. The lowest BCUT2D eigenvalue weighted by atomic mass is 9.78. The Labute approximate surface area is 125 Å². The van der Waals surface area contributed by atoms with Gasteiger partial charge in [-0.25, -0.2) is 0 Å². The normalized spacial score (nSPS) is 18.0. The fourth-order valence-electron chi connectivity index (χ4n) is 4.03. The molecule has 1 aliphatic rings. The van der Waals surface area contributed by atoms with Gasteiger partial charge in [-0.1, -0.05) is 48.5 Å². The first kappa shape index (κ1) is 12.8. The molecular formula is C20H21N. The monoisotopic (exact) mass is 275 g/mol. The van der Waals surface area contributed by atoms with Gasteiger partial charge in [-0.15, -0.1) is 0 Å². The number of hydrogen-bond donors (Lipinski definition) is 1. The van der Waals surface area contributed by atoms with Crippen LogP contribution in [0.5, 0.6) is 0 Å². The summed E-state index contributed by atoms with van der Waals surface area (Å²) in [6, 6.07) is 18.0. The lowest BCUT2D eigenvalue weighted by molar-refractivity contribution is 0.530. The van der Waals surface area contributed by atoms with Crippen LogP contribution in [0.15, 0.2) is 48.5 Å². The van der Waals surface area contributed by atoms with Crippen LogP contribution in [0.2, 0.25) is 0 Å². The van der Waals surface area contributed by atoms with Crippen LogP contribution >= 0.6 is 0 Å². The Morgan fingerprint density at radius 3 is 2.67 bits per heavy atom. The lowest BCUT2D eigenvalue weighted by Gasteiger charge is -2.27. The number of nitrogens with two attached hydrogens (primary N) is 1. The first-order valence-corrected chi connectivity index (χ1v) is 8.02. The van der Waals surface area contributed by atoms with E-state index < -0.39 is 0 Å². The highest BCUT2D eigenvalue weighted by Crippen LogP contribution is 2.40. The van der Waals surface area contributed by atoms with Gasteiger partial charge in [0.1, 0.15) is 0 Å². The predicted octanol–water partition coefficient (Wildman–Crippen LogP) is 4.76. The molecule has 1 atom stereocenters. The van der Waals surface area contributed by atoms with Crippen LogP contribution in [-0.2, 0) is 6.42 Å². The van der Waals surface area contributed by atoms with Gasteiger partial charge in [0.05, 0.1) is 0 Å². The maximum Gasteiger partial charge on any atom is -0.00714 e. The van der Waals surface area contributed by atoms with Gasteiger partial charge >= 0.3 is 0 Å². The first-order valence-electron chi connectivity index (χ1n) is 8.02. The highest BCUT2D eigenvalue weighted by atomic mass is 14.5. The number of rotatable bonds is 2. The highest BCUT2D eigenvalue weighted by molar-refractivity contribution is 6.08. The lowest BCUT2D eigenvalue weighted by Crippen LogP contribution is -2.14. The fraction of sp³-hybridized carbons (Fsp3) is 0.300. The topological polar surface area (TPSA) is 26.0 Å². The maximum absolute atomic E-state index is 5.85. The Morgan fingerprint density at radius 2 is 1.76 bits per heavy atom. The summed E-state index contributed by atoms with van der Waals surface area (Å²) < 4.78 is 0. The minimum Gasteiger partial charge on any atom is -0.330 e. The van der Waals surface area contributed by atoms with E-state index in [0.717, 1.165) is 13.0 Å². The summed E-state index contributed by atoms with van der Waals surface area (Å²) in [6.45, 7) is 0.786. The molecule has 0 bridgehead atoms. The minimum atomic E-state index is 0.642. The third kappa shape index (κ3) is 2.04. The zero-order chi connectivity index (χ0) is 14.2. The largest absolute Gasteiger partial charge is 0.330 e. The molecule has 1 heteroatoms. The molecule has 3 aromatic carbocycles. The molecule has 0 radical (unpaired) electrons. The van der Waals surface area contributed by atoms with Gasteiger partial charge in [-0.3, -0.25) is 0 Å². The highest BCUT2D eigenvalue weighted by Gasteiger charge is 2.22. The van der Waals surface area contributed by atoms with E-state index in [-0.39, 0.29) is 0 Å². The van der Waals surface area contributed by atoms with E-state index in [0.29, 0.717) is 5.92 Å². The van der Waals surface area contributed by atoms with Crippen LogP contribution in [0.3, 0.4) is 0 Å². The molecule has 0 heterocycles. The van der Waals surface area contributed by atoms with Crippen molar-refractivity contribution in [1.29, 1.82) is 0 Å². The van der Waals surface area contributed by atoms with E-state index in [2.05, 4.69) is 48.5 Å². The average molecular weight is 275 g/mol. The van der Waals surface area contributed by atoms with E-state index in [4.69, 9.17) is 5.73 Å². The quantitative estimate of drug-likeness (QED) is 0.670. The van der Waals surface area contributed by atoms with Gasteiger partial charge in [0, 0.05) is 0 Å². The molecule has 106 valence electrons. The molecule has 1 nitrogen and oxygen atoms in total. The molecule has 0 spiro atoms. The first-order chi connectivity index (χ1) is 10.4. The molecule has 0 saturated heterocycles. The number of aryl methyl sites for hydroxylation is 1. The van der Waals surface area contributed by atoms with Crippen molar-refractivity contribution in [2.24, 2.45) is 5.73 Å². The van der Waals surface area contributed by atoms with E-state index in [1.165, 1.54) is 40.8 Å². The summed E-state index contributed by atoms with van der Waals surface area (Å²) in [6.07, 6.45) is 4.92. The molecule has 0 amide bonds. The van der Waals surface area contributed by atoms with E-state index in [1.807, 2.05) is 0 Å². The van der Waals surface area contributed by atoms with Crippen molar-refractivity contribution in [3.05, 3.63) is 59.7 Å². The van der Waals surface area contributed by atoms with Gasteiger partial charge in [-0.05, 0) is 70.8 Å². The summed E-state index contributed by atoms with van der Waals surface area (Å²) in [5.74, 6) is 0.642. The van der Waals surface area contributed by atoms with Gasteiger partial charge < -0.3 is 5.73 Å². The molecule has 1 unspecified atom stereocenters. The Morgan fingerprint density at radius 1 is 0.905 bits per heavy atom. The van der Waals surface area contributed by atoms with Gasteiger partial charge in [0.25, 0.3) is 0 Å². The van der Waals surface area contributed by atoms with Crippen molar-refractivity contribution >= 4 is 21.5 Å². The van der Waals surface area contributed by atoms with Crippen molar-refractivity contribution < 1.29 is 0 Å². The predicted molar refractivity (Wildman–Crippen MR) is 90.8 cm³/mol. The van der Waals surface area contributed by atoms with Crippen LogP contribution in [0.1, 0.15) is 36.3 Å². The van der Waals surface area contributed by atoms with Crippen LogP contribution in [-0.4, -0.2) is 6.54 Å². The van der Waals surface area contributed by atoms with Crippen molar-refractivity contribution in [2.45, 2.75) is 31.6 Å². The second-order valence-electron chi connectivity index (χ2n) is 6.19. The summed E-state index contributed by atoms with van der Waals surface area (Å²) >= 11 is 0. The molecule has 0 aromatic heterocycles. The molecule has 21 heavy (non-hydrogen) atoms. The summed E-state index contributed by atoms with van der Waals surface area (Å²) in [5, 5.41) is 5.55. The molecule has 4 rings (SSSR count). The smallest absolute Gasteiger partial charge is 0.00714 e. The number of fused-ring (bicyclic) bond motifs is 5. The van der Waals surface area contributed by atoms with Crippen LogP contribution in [0.4, 0.5) is 0 Å². The average Bonchev–Trinajstić information content (AvgIpc) is 2.54. The van der Waals surface area contributed by atoms with E-state index in [9.17, 15) is 0 Å². The Balaban J connectivity index is 2.04. The van der Waals surface area contributed by atoms with Gasteiger partial charge in [0.2, 0.25) is 0 Å². The number of benzene rings is 3. The third-order valence-electron chi connectivity index (χ3n) is 4.98. The molecule has 2 N–H and O–H groups in total. The second kappa shape index (κ2) is 5.16. The second-order valence-corrected chi connectivity index (χ2v) is 6.19. The number of hydrogen-bond acceptors (Lipinski definition) is 1. The Hall–Kier alpha value is -1.86. The Bertz CT molecular complexity index is 803. The van der Waals surface area contributed by atoms with Crippen molar-refractivity contribution in [3.8, 4) is 0 Å². The van der Waals surface area contributed by atoms with E-state index in [1.54, 1.807) is 11.1 Å². The SMILES string of the molecule is NCCC1CCCc2ccc3c(ccc4ccccc43)c21. The summed E-state index contributed by atoms with van der Waals surface area (Å²) in [4.78, 5) is 0. The molecule has 3 aromatic rings. The summed E-state index contributed by atoms with van der Waals surface area (Å²) in [7, 11) is 0. The zero-order valence-corrected chi connectivity index (χ0v) is 12.3. The molecule has 0 saturated carbocycles. The van der Waals surface area contributed by atoms with E-state index >= 15 is 0 Å². The molecule has 0 fully saturated rings. The summed E-state index contributed by atoms with van der Waals surface area (Å²) in [5.41, 5.74) is 8.97. The van der Waals surface area contributed by atoms with Crippen LogP contribution in [0.25, 0.3) is 21.5 Å². The van der Waals surface area contributed by atoms with Crippen molar-refractivity contribution in [2.75, 3.05) is 6.54 Å². The van der Waals surface area contributed by atoms with Crippen LogP contribution < -0.4 is 5.73 Å². The maximum atomic E-state index is 5.85. The third-order valence-corrected chi connectivity index (χ3v) is 4.98. The molecular weight excluding hydrogens is 254 g/mol. The standard InChI is InChI=1S/C20H21N/c21-13-12-16-6-3-5-15-9-10-18-17-7-2-1-4-14(17)8-11-19(18)20(15)16/h1-2,4,7-11,16H,3,5-6,12-13,21H2. The van der Waals surface area contributed by atoms with Gasteiger partial charge in [0.15, 0.2) is 0 Å². The van der Waals surface area contributed by atoms with Crippen molar-refractivity contribution in [1.82, 2.24) is 0 Å². The van der Waals surface area contributed by atoms with Gasteiger partial charge in [-0.2, -0.15) is 0 Å². The molecule has 1 aliphatic carbocycles. The fourth-order valence-corrected chi connectivity index (χ4v) is 4.03. The zero-order valence-electron chi connectivity index (χ0n) is 12.3. The Kier molecular flexibility index (Phi) is 3.16. The minimum absolute atomic E-state index is 0.642.